The molecule has 0 spiro atoms. The molecular formula is C20H29ClN4O2. The maximum Gasteiger partial charge on any atom is 0.248 e. The van der Waals surface area contributed by atoms with Crippen molar-refractivity contribution in [3.05, 3.63) is 30.3 Å². The smallest absolute Gasteiger partial charge is 0.248 e. The molecule has 2 fully saturated rings. The topological polar surface area (TPSA) is 73.5 Å². The lowest BCUT2D eigenvalue weighted by molar-refractivity contribution is -0.138. The van der Waals surface area contributed by atoms with E-state index in [1.54, 1.807) is 0 Å². The number of anilines is 1. The zero-order valence-electron chi connectivity index (χ0n) is 15.7. The summed E-state index contributed by atoms with van der Waals surface area (Å²) >= 11 is 5.53. The summed E-state index contributed by atoms with van der Waals surface area (Å²) < 4.78 is 0. The Morgan fingerprint density at radius 1 is 1.15 bits per heavy atom. The molecule has 0 saturated carbocycles. The van der Waals surface area contributed by atoms with E-state index in [4.69, 9.17) is 11.6 Å². The van der Waals surface area contributed by atoms with Crippen LogP contribution < -0.4 is 16.0 Å². The number of nitrogens with one attached hydrogen (secondary N) is 3. The number of rotatable bonds is 6. The van der Waals surface area contributed by atoms with E-state index in [2.05, 4.69) is 16.0 Å². The number of nitrogens with zero attached hydrogens (tertiary/aromatic N) is 1. The number of alkyl halides is 1. The lowest BCUT2D eigenvalue weighted by atomic mass is 9.85. The number of hydrogen-bond donors (Lipinski definition) is 3. The van der Waals surface area contributed by atoms with Crippen LogP contribution in [-0.2, 0) is 9.59 Å². The van der Waals surface area contributed by atoms with Gasteiger partial charge in [0.25, 0.3) is 0 Å². The van der Waals surface area contributed by atoms with Crippen LogP contribution in [0.3, 0.4) is 0 Å². The van der Waals surface area contributed by atoms with Crippen LogP contribution in [0.4, 0.5) is 5.69 Å². The number of benzene rings is 1. The molecule has 0 atom stereocenters. The highest BCUT2D eigenvalue weighted by Gasteiger charge is 2.42. The van der Waals surface area contributed by atoms with Gasteiger partial charge in [-0.15, -0.1) is 11.6 Å². The average molecular weight is 393 g/mol. The molecule has 2 aliphatic heterocycles. The van der Waals surface area contributed by atoms with Gasteiger partial charge in [-0.1, -0.05) is 18.2 Å². The van der Waals surface area contributed by atoms with Crippen LogP contribution in [0.5, 0.6) is 0 Å². The van der Waals surface area contributed by atoms with Gasteiger partial charge in [-0.25, -0.2) is 0 Å². The Hall–Kier alpha value is -1.79. The predicted octanol–water partition coefficient (Wildman–Crippen LogP) is 1.81. The lowest BCUT2D eigenvalue weighted by Crippen LogP contribution is -2.60. The summed E-state index contributed by atoms with van der Waals surface area (Å²) in [4.78, 5) is 26.8. The van der Waals surface area contributed by atoms with Crippen molar-refractivity contribution in [2.45, 2.75) is 31.2 Å². The molecule has 2 aliphatic rings. The zero-order chi connectivity index (χ0) is 19.1. The van der Waals surface area contributed by atoms with E-state index in [0.717, 1.165) is 57.5 Å². The number of halogens is 1. The summed E-state index contributed by atoms with van der Waals surface area (Å²) in [7, 11) is 0. The summed E-state index contributed by atoms with van der Waals surface area (Å²) in [6, 6.07) is 9.99. The molecule has 1 aromatic rings. The summed E-state index contributed by atoms with van der Waals surface area (Å²) in [5, 5.41) is 9.76. The van der Waals surface area contributed by atoms with Crippen LogP contribution in [-0.4, -0.2) is 60.9 Å². The van der Waals surface area contributed by atoms with Crippen molar-refractivity contribution in [1.82, 2.24) is 15.5 Å². The van der Waals surface area contributed by atoms with Gasteiger partial charge in [-0.05, 0) is 56.8 Å². The second kappa shape index (κ2) is 9.42. The van der Waals surface area contributed by atoms with Crippen molar-refractivity contribution in [3.63, 3.8) is 0 Å². The Morgan fingerprint density at radius 3 is 2.44 bits per heavy atom. The maximum absolute atomic E-state index is 13.4. The first kappa shape index (κ1) is 20.0. The Bertz CT molecular complexity index is 626. The van der Waals surface area contributed by atoms with Crippen molar-refractivity contribution in [3.8, 4) is 0 Å². The second-order valence-corrected chi connectivity index (χ2v) is 7.76. The number of piperidine rings is 2. The van der Waals surface area contributed by atoms with Gasteiger partial charge in [-0.2, -0.15) is 0 Å². The molecule has 6 nitrogen and oxygen atoms in total. The molecule has 148 valence electrons. The van der Waals surface area contributed by atoms with Crippen molar-refractivity contribution in [2.75, 3.05) is 43.9 Å². The van der Waals surface area contributed by atoms with Crippen LogP contribution in [0.2, 0.25) is 0 Å². The zero-order valence-corrected chi connectivity index (χ0v) is 16.4. The summed E-state index contributed by atoms with van der Waals surface area (Å²) in [6.07, 6.45) is 3.39. The fourth-order valence-corrected chi connectivity index (χ4v) is 4.09. The molecule has 1 aromatic carbocycles. The number of carbonyl (C=O) groups excluding carboxylic acids is 2. The van der Waals surface area contributed by atoms with Gasteiger partial charge in [-0.3, -0.25) is 9.59 Å². The van der Waals surface area contributed by atoms with E-state index >= 15 is 0 Å². The summed E-state index contributed by atoms with van der Waals surface area (Å²) in [5.41, 5.74) is 0.457. The van der Waals surface area contributed by atoms with Gasteiger partial charge in [0.15, 0.2) is 0 Å². The van der Waals surface area contributed by atoms with E-state index < -0.39 is 5.54 Å². The number of likely N-dealkylation sites (tertiary alicyclic amines) is 1. The molecule has 3 N–H and O–H groups in total. The minimum atomic E-state index is -0.535. The van der Waals surface area contributed by atoms with Crippen LogP contribution in [0.25, 0.3) is 0 Å². The maximum atomic E-state index is 13.4. The van der Waals surface area contributed by atoms with Crippen molar-refractivity contribution >= 4 is 29.1 Å². The number of amides is 2. The minimum Gasteiger partial charge on any atom is -0.371 e. The van der Waals surface area contributed by atoms with Crippen LogP contribution in [0.1, 0.15) is 25.7 Å². The summed E-state index contributed by atoms with van der Waals surface area (Å²) in [5.74, 6) is 0.484. The van der Waals surface area contributed by atoms with Gasteiger partial charge in [0.05, 0.1) is 0 Å². The Labute approximate surface area is 166 Å². The lowest BCUT2D eigenvalue weighted by Gasteiger charge is -2.43. The van der Waals surface area contributed by atoms with Gasteiger partial charge in [0, 0.05) is 25.3 Å². The van der Waals surface area contributed by atoms with Gasteiger partial charge in [0.1, 0.15) is 11.4 Å². The molecule has 0 bridgehead atoms. The third-order valence-corrected chi connectivity index (χ3v) is 5.88. The predicted molar refractivity (Wildman–Crippen MR) is 108 cm³/mol. The summed E-state index contributed by atoms with van der Waals surface area (Å²) in [6.45, 7) is 3.81. The second-order valence-electron chi connectivity index (χ2n) is 7.50. The molecule has 2 saturated heterocycles. The first-order chi connectivity index (χ1) is 13.1. The molecule has 0 aromatic heterocycles. The van der Waals surface area contributed by atoms with Gasteiger partial charge >= 0.3 is 0 Å². The van der Waals surface area contributed by atoms with E-state index in [1.165, 1.54) is 0 Å². The largest absolute Gasteiger partial charge is 0.371 e. The Balaban J connectivity index is 1.61. The van der Waals surface area contributed by atoms with Crippen molar-refractivity contribution in [1.29, 1.82) is 0 Å². The Morgan fingerprint density at radius 2 is 1.81 bits per heavy atom. The average Bonchev–Trinajstić information content (AvgIpc) is 2.73. The highest BCUT2D eigenvalue weighted by molar-refractivity contribution is 6.27. The quantitative estimate of drug-likeness (QED) is 0.645. The molecule has 0 unspecified atom stereocenters. The molecule has 2 amide bonds. The molecule has 0 radical (unpaired) electrons. The van der Waals surface area contributed by atoms with E-state index in [0.29, 0.717) is 12.5 Å². The third-order valence-electron chi connectivity index (χ3n) is 5.63. The number of carbonyl (C=O) groups is 2. The van der Waals surface area contributed by atoms with Crippen molar-refractivity contribution < 1.29 is 9.59 Å². The van der Waals surface area contributed by atoms with E-state index in [-0.39, 0.29) is 17.7 Å². The standard InChI is InChI=1S/C20H29ClN4O2/c21-14-18(26)23-15-16-6-12-25(13-7-16)19(27)20(8-10-22-11-9-20)24-17-4-2-1-3-5-17/h1-5,16,22,24H,6-15H2,(H,23,26). The fraction of sp³-hybridized carbons (Fsp3) is 0.600. The SMILES string of the molecule is O=C(CCl)NCC1CCN(C(=O)C2(Nc3ccccc3)CCNCC2)CC1. The number of hydrogen-bond acceptors (Lipinski definition) is 4. The number of para-hydroxylation sites is 1. The highest BCUT2D eigenvalue weighted by Crippen LogP contribution is 2.29. The molecule has 7 heteroatoms. The monoisotopic (exact) mass is 392 g/mol. The van der Waals surface area contributed by atoms with Crippen LogP contribution in [0.15, 0.2) is 30.3 Å². The fourth-order valence-electron chi connectivity index (χ4n) is 3.99. The van der Waals surface area contributed by atoms with Crippen LogP contribution >= 0.6 is 11.6 Å². The molecule has 3 rings (SSSR count). The van der Waals surface area contributed by atoms with E-state index in [9.17, 15) is 9.59 Å². The van der Waals surface area contributed by atoms with Crippen molar-refractivity contribution in [2.24, 2.45) is 5.92 Å². The molecular weight excluding hydrogens is 364 g/mol. The highest BCUT2D eigenvalue weighted by atomic mass is 35.5. The third kappa shape index (κ3) is 5.14. The molecule has 2 heterocycles. The van der Waals surface area contributed by atoms with Gasteiger partial charge < -0.3 is 20.9 Å². The van der Waals surface area contributed by atoms with Crippen LogP contribution in [0, 0.1) is 5.92 Å². The first-order valence-electron chi connectivity index (χ1n) is 9.79. The molecule has 0 aliphatic carbocycles. The molecule has 27 heavy (non-hydrogen) atoms. The van der Waals surface area contributed by atoms with E-state index in [1.807, 2.05) is 35.2 Å². The minimum absolute atomic E-state index is 0.000951. The first-order valence-corrected chi connectivity index (χ1v) is 10.3. The normalized spacial score (nSPS) is 20.1. The van der Waals surface area contributed by atoms with Gasteiger partial charge in [0.2, 0.25) is 11.8 Å². The Kier molecular flexibility index (Phi) is 6.96.